The number of benzene rings is 9. The molecule has 3 aromatic heterocycles. The highest BCUT2D eigenvalue weighted by molar-refractivity contribution is 6.12. The number of hydrogen-bond donors (Lipinski definition) is 0. The van der Waals surface area contributed by atoms with Crippen LogP contribution in [0.1, 0.15) is 27.8 Å². The van der Waals surface area contributed by atoms with Gasteiger partial charge in [0.15, 0.2) is 17.5 Å². The third kappa shape index (κ3) is 6.92. The SMILES string of the molecule is Cc1ccc2c(c1)c1cc(C)ccc1n2-c1ccc(-c2nc(-c3ccccc3)nc(-c3ccccc3)n2)cc1-c1ccc(-c2ccc(C#N)cc2)cc1-n1c2ccc(C)cc2c2cc(C)ccc21. The molecule has 3 heterocycles. The maximum absolute atomic E-state index is 9.72. The average Bonchev–Trinajstić information content (AvgIpc) is 3.86. The summed E-state index contributed by atoms with van der Waals surface area (Å²) in [5, 5.41) is 14.5. The van der Waals surface area contributed by atoms with Crippen LogP contribution < -0.4 is 0 Å². The maximum Gasteiger partial charge on any atom is 0.164 e. The fraction of sp³-hybridized carbons (Fsp3) is 0.0645. The third-order valence-corrected chi connectivity index (χ3v) is 13.2. The van der Waals surface area contributed by atoms with E-state index in [2.05, 4.69) is 152 Å². The lowest BCUT2D eigenvalue weighted by Crippen LogP contribution is -2.04. The van der Waals surface area contributed by atoms with Gasteiger partial charge in [-0.05, 0) is 124 Å². The van der Waals surface area contributed by atoms with Crippen LogP contribution in [0.4, 0.5) is 0 Å². The van der Waals surface area contributed by atoms with Crippen molar-refractivity contribution in [2.24, 2.45) is 0 Å². The van der Waals surface area contributed by atoms with E-state index >= 15 is 0 Å². The van der Waals surface area contributed by atoms with Crippen LogP contribution in [-0.2, 0) is 0 Å². The van der Waals surface area contributed by atoms with Gasteiger partial charge in [-0.15, -0.1) is 0 Å². The van der Waals surface area contributed by atoms with Gasteiger partial charge in [0.2, 0.25) is 0 Å². The summed E-state index contributed by atoms with van der Waals surface area (Å²) < 4.78 is 4.86. The minimum absolute atomic E-state index is 0.581. The van der Waals surface area contributed by atoms with Crippen LogP contribution in [0.2, 0.25) is 0 Å². The monoisotopic (exact) mass is 872 g/mol. The Balaban J connectivity index is 1.20. The van der Waals surface area contributed by atoms with Crippen LogP contribution in [0, 0.1) is 39.0 Å². The smallest absolute Gasteiger partial charge is 0.164 e. The van der Waals surface area contributed by atoms with Gasteiger partial charge in [-0.2, -0.15) is 5.26 Å². The number of nitriles is 1. The number of fused-ring (bicyclic) bond motifs is 6. The lowest BCUT2D eigenvalue weighted by Gasteiger charge is -2.21. The van der Waals surface area contributed by atoms with Crippen LogP contribution in [0.3, 0.4) is 0 Å². The highest BCUT2D eigenvalue weighted by Gasteiger charge is 2.23. The number of hydrogen-bond acceptors (Lipinski definition) is 4. The van der Waals surface area contributed by atoms with Crippen molar-refractivity contribution < 1.29 is 0 Å². The van der Waals surface area contributed by atoms with Crippen LogP contribution in [0.25, 0.3) is 111 Å². The Morgan fingerprint density at radius 1 is 0.338 bits per heavy atom. The van der Waals surface area contributed by atoms with Crippen molar-refractivity contribution in [2.75, 3.05) is 0 Å². The van der Waals surface area contributed by atoms with E-state index in [1.807, 2.05) is 84.9 Å². The minimum atomic E-state index is 0.581. The minimum Gasteiger partial charge on any atom is -0.309 e. The Hall–Kier alpha value is -8.92. The molecular weight excluding hydrogens is 829 g/mol. The molecule has 0 atom stereocenters. The van der Waals surface area contributed by atoms with E-state index in [9.17, 15) is 5.26 Å². The zero-order chi connectivity index (χ0) is 46.0. The molecule has 6 nitrogen and oxygen atoms in total. The molecule has 0 saturated heterocycles. The molecular formula is C62H44N6. The van der Waals surface area contributed by atoms with E-state index in [4.69, 9.17) is 15.0 Å². The van der Waals surface area contributed by atoms with E-state index < -0.39 is 0 Å². The second kappa shape index (κ2) is 16.2. The summed E-state index contributed by atoms with van der Waals surface area (Å²) in [6.07, 6.45) is 0. The molecule has 0 amide bonds. The van der Waals surface area contributed by atoms with Crippen molar-refractivity contribution in [3.8, 4) is 73.9 Å². The number of nitrogens with zero attached hydrogens (tertiary/aromatic N) is 6. The van der Waals surface area contributed by atoms with Crippen LogP contribution in [0.5, 0.6) is 0 Å². The van der Waals surface area contributed by atoms with Crippen molar-refractivity contribution in [1.82, 2.24) is 24.1 Å². The van der Waals surface area contributed by atoms with E-state index in [0.717, 1.165) is 72.4 Å². The Kier molecular flexibility index (Phi) is 9.67. The molecule has 0 fully saturated rings. The molecule has 0 radical (unpaired) electrons. The molecule has 0 bridgehead atoms. The molecule has 0 aliphatic rings. The summed E-state index contributed by atoms with van der Waals surface area (Å²) in [5.74, 6) is 1.80. The zero-order valence-electron chi connectivity index (χ0n) is 38.2. The summed E-state index contributed by atoms with van der Waals surface area (Å²) in [4.78, 5) is 15.5. The normalized spacial score (nSPS) is 11.5. The second-order valence-electron chi connectivity index (χ2n) is 17.9. The van der Waals surface area contributed by atoms with Crippen molar-refractivity contribution in [3.05, 3.63) is 222 Å². The fourth-order valence-corrected chi connectivity index (χ4v) is 9.91. The largest absolute Gasteiger partial charge is 0.309 e. The predicted molar refractivity (Wildman–Crippen MR) is 279 cm³/mol. The van der Waals surface area contributed by atoms with Crippen molar-refractivity contribution in [3.63, 3.8) is 0 Å². The molecule has 0 aliphatic heterocycles. The van der Waals surface area contributed by atoms with Crippen molar-refractivity contribution in [1.29, 1.82) is 5.26 Å². The van der Waals surface area contributed by atoms with Crippen LogP contribution in [0.15, 0.2) is 194 Å². The average molecular weight is 873 g/mol. The number of rotatable bonds is 7. The Morgan fingerprint density at radius 3 is 1.21 bits per heavy atom. The highest BCUT2D eigenvalue weighted by Crippen LogP contribution is 2.44. The molecule has 0 unspecified atom stereocenters. The predicted octanol–water partition coefficient (Wildman–Crippen LogP) is 15.5. The van der Waals surface area contributed by atoms with Gasteiger partial charge in [0, 0.05) is 49.4 Å². The van der Waals surface area contributed by atoms with Crippen LogP contribution >= 0.6 is 0 Å². The Bertz CT molecular complexity index is 3830. The highest BCUT2D eigenvalue weighted by atomic mass is 15.0. The first-order chi connectivity index (χ1) is 33.3. The molecule has 0 aliphatic carbocycles. The zero-order valence-corrected chi connectivity index (χ0v) is 38.2. The summed E-state index contributed by atoms with van der Waals surface area (Å²) in [6, 6.07) is 71.0. The quantitative estimate of drug-likeness (QED) is 0.160. The molecule has 6 heteroatoms. The first-order valence-electron chi connectivity index (χ1n) is 23.0. The summed E-state index contributed by atoms with van der Waals surface area (Å²) in [5.41, 5.74) is 18.8. The topological polar surface area (TPSA) is 72.3 Å². The molecule has 0 saturated carbocycles. The molecule has 68 heavy (non-hydrogen) atoms. The Morgan fingerprint density at radius 2 is 0.750 bits per heavy atom. The molecule has 0 spiro atoms. The lowest BCUT2D eigenvalue weighted by molar-refractivity contribution is 1.07. The van der Waals surface area contributed by atoms with Gasteiger partial charge in [0.05, 0.1) is 45.1 Å². The van der Waals surface area contributed by atoms with Crippen molar-refractivity contribution in [2.45, 2.75) is 27.7 Å². The van der Waals surface area contributed by atoms with Gasteiger partial charge in [0.25, 0.3) is 0 Å². The van der Waals surface area contributed by atoms with Crippen molar-refractivity contribution >= 4 is 43.6 Å². The van der Waals surface area contributed by atoms with E-state index in [-0.39, 0.29) is 0 Å². The first kappa shape index (κ1) is 40.6. The maximum atomic E-state index is 9.72. The van der Waals surface area contributed by atoms with E-state index in [1.54, 1.807) is 0 Å². The van der Waals surface area contributed by atoms with Gasteiger partial charge in [-0.1, -0.05) is 131 Å². The standard InChI is InChI=1S/C62H44N6/c1-38-15-26-54-49(31-38)50-32-39(2)16-27-55(50)67(54)58-30-24-47(62-65-60(44-11-7-5-8-12-44)64-61(66-62)45-13-9-6-10-14-45)35-53(58)48-25-23-46(43-21-19-42(37-63)20-22-43)36-59(48)68-56-28-17-40(3)33-51(56)52-34-41(4)18-29-57(52)68/h5-36H,1-4H3. The Labute approximate surface area is 394 Å². The second-order valence-corrected chi connectivity index (χ2v) is 17.9. The lowest BCUT2D eigenvalue weighted by atomic mass is 9.94. The number of aryl methyl sites for hydroxylation is 4. The summed E-state index contributed by atoms with van der Waals surface area (Å²) >= 11 is 0. The number of aromatic nitrogens is 5. The molecule has 0 N–H and O–H groups in total. The molecule has 322 valence electrons. The van der Waals surface area contributed by atoms with Gasteiger partial charge >= 0.3 is 0 Å². The molecule has 12 rings (SSSR count). The van der Waals surface area contributed by atoms with Gasteiger partial charge < -0.3 is 9.13 Å². The van der Waals surface area contributed by atoms with Gasteiger partial charge in [0.1, 0.15) is 0 Å². The van der Waals surface area contributed by atoms with E-state index in [0.29, 0.717) is 23.0 Å². The van der Waals surface area contributed by atoms with Gasteiger partial charge in [-0.25, -0.2) is 15.0 Å². The summed E-state index contributed by atoms with van der Waals surface area (Å²) in [7, 11) is 0. The van der Waals surface area contributed by atoms with Gasteiger partial charge in [-0.3, -0.25) is 0 Å². The third-order valence-electron chi connectivity index (χ3n) is 13.2. The molecule has 9 aromatic carbocycles. The molecule has 12 aromatic rings. The van der Waals surface area contributed by atoms with E-state index in [1.165, 1.54) is 43.8 Å². The first-order valence-corrected chi connectivity index (χ1v) is 23.0. The van der Waals surface area contributed by atoms with Crippen LogP contribution in [-0.4, -0.2) is 24.1 Å². The summed E-state index contributed by atoms with van der Waals surface area (Å²) in [6.45, 7) is 8.65. The fourth-order valence-electron chi connectivity index (χ4n) is 9.91.